The number of thiocarbonyl (C=S) groups is 1. The van der Waals surface area contributed by atoms with Gasteiger partial charge >= 0.3 is 0 Å². The molecule has 104 valence electrons. The van der Waals surface area contributed by atoms with Crippen LogP contribution < -0.4 is 5.11 Å². The molecule has 8 heteroatoms. The van der Waals surface area contributed by atoms with Crippen molar-refractivity contribution in [3.8, 4) is 0 Å². The fourth-order valence-corrected chi connectivity index (χ4v) is 3.23. The van der Waals surface area contributed by atoms with Gasteiger partial charge in [-0.25, -0.2) is 0 Å². The zero-order valence-corrected chi connectivity index (χ0v) is 12.9. The van der Waals surface area contributed by atoms with E-state index in [4.69, 9.17) is 35.4 Å². The van der Waals surface area contributed by atoms with E-state index in [-0.39, 0.29) is 4.32 Å². The topological polar surface area (TPSA) is 60.4 Å². The molecule has 0 aliphatic carbocycles. The van der Waals surface area contributed by atoms with E-state index in [0.717, 1.165) is 16.7 Å². The van der Waals surface area contributed by atoms with Gasteiger partial charge in [0, 0.05) is 10.0 Å². The Kier molecular flexibility index (Phi) is 4.70. The van der Waals surface area contributed by atoms with Crippen molar-refractivity contribution in [3.05, 3.63) is 38.7 Å². The van der Waals surface area contributed by atoms with Crippen LogP contribution >= 0.6 is 47.2 Å². The maximum atomic E-state index is 12.0. The zero-order valence-electron chi connectivity index (χ0n) is 9.76. The molecule has 0 radical (unpaired) electrons. The summed E-state index contributed by atoms with van der Waals surface area (Å²) in [5, 5.41) is 11.4. The van der Waals surface area contributed by atoms with Crippen LogP contribution in [0.15, 0.2) is 23.1 Å². The molecule has 0 spiro atoms. The molecule has 4 nitrogen and oxygen atoms in total. The summed E-state index contributed by atoms with van der Waals surface area (Å²) in [6, 6.07) is 4.86. The van der Waals surface area contributed by atoms with Crippen LogP contribution in [-0.4, -0.2) is 27.6 Å². The Bertz CT molecular complexity index is 646. The lowest BCUT2D eigenvalue weighted by Crippen LogP contribution is -2.40. The van der Waals surface area contributed by atoms with E-state index < -0.39 is 18.4 Å². The molecule has 0 saturated carbocycles. The average Bonchev–Trinajstić information content (AvgIpc) is 2.60. The minimum absolute atomic E-state index is 0.176. The third-order valence-electron chi connectivity index (χ3n) is 2.41. The van der Waals surface area contributed by atoms with Crippen molar-refractivity contribution in [1.82, 2.24) is 4.90 Å². The molecule has 2 rings (SSSR count). The van der Waals surface area contributed by atoms with Gasteiger partial charge in [0.1, 0.15) is 4.32 Å². The van der Waals surface area contributed by atoms with Gasteiger partial charge in [-0.3, -0.25) is 9.69 Å². The number of carbonyl (C=O) groups excluding carboxylic acids is 2. The number of nitrogens with zero attached hydrogens (tertiary/aromatic N) is 1. The van der Waals surface area contributed by atoms with Crippen molar-refractivity contribution >= 4 is 69.5 Å². The monoisotopic (exact) mass is 346 g/mol. The van der Waals surface area contributed by atoms with E-state index in [9.17, 15) is 14.7 Å². The largest absolute Gasteiger partial charge is 0.548 e. The summed E-state index contributed by atoms with van der Waals surface area (Å²) in [7, 11) is 0. The Hall–Kier alpha value is -1.08. The highest BCUT2D eigenvalue weighted by Gasteiger charge is 2.31. The van der Waals surface area contributed by atoms with Crippen molar-refractivity contribution < 1.29 is 14.7 Å². The lowest BCUT2D eigenvalue weighted by Gasteiger charge is -2.14. The first-order valence-electron chi connectivity index (χ1n) is 5.29. The predicted molar refractivity (Wildman–Crippen MR) is 81.3 cm³/mol. The number of hydrogen-bond donors (Lipinski definition) is 0. The van der Waals surface area contributed by atoms with E-state index in [1.807, 2.05) is 0 Å². The van der Waals surface area contributed by atoms with Crippen LogP contribution in [0.4, 0.5) is 0 Å². The Morgan fingerprint density at radius 3 is 2.75 bits per heavy atom. The van der Waals surface area contributed by atoms with Crippen LogP contribution in [0.25, 0.3) is 6.08 Å². The molecule has 1 aromatic rings. The highest BCUT2D eigenvalue weighted by atomic mass is 35.5. The number of benzene rings is 1. The summed E-state index contributed by atoms with van der Waals surface area (Å²) in [6.45, 7) is -0.559. The molecule has 20 heavy (non-hydrogen) atoms. The first-order chi connectivity index (χ1) is 9.38. The summed E-state index contributed by atoms with van der Waals surface area (Å²) >= 11 is 17.8. The van der Waals surface area contributed by atoms with E-state index in [0.29, 0.717) is 20.5 Å². The number of hydrogen-bond acceptors (Lipinski definition) is 5. The number of halogens is 2. The molecule has 1 heterocycles. The second-order valence-electron chi connectivity index (χ2n) is 3.81. The summed E-state index contributed by atoms with van der Waals surface area (Å²) in [5.74, 6) is -1.85. The molecular formula is C12H6Cl2NO3S2-. The zero-order chi connectivity index (χ0) is 14.9. The first-order valence-corrected chi connectivity index (χ1v) is 7.27. The van der Waals surface area contributed by atoms with Gasteiger partial charge < -0.3 is 9.90 Å². The highest BCUT2D eigenvalue weighted by Crippen LogP contribution is 2.33. The highest BCUT2D eigenvalue weighted by molar-refractivity contribution is 8.26. The molecule has 0 aromatic heterocycles. The van der Waals surface area contributed by atoms with Gasteiger partial charge in [-0.15, -0.1) is 0 Å². The number of carboxylic acid groups (broad SMARTS) is 1. The number of thioether (sulfide) groups is 1. The van der Waals surface area contributed by atoms with Gasteiger partial charge in [0.25, 0.3) is 5.91 Å². The maximum absolute atomic E-state index is 12.0. The van der Waals surface area contributed by atoms with E-state index in [1.54, 1.807) is 24.3 Å². The molecule has 1 amide bonds. The normalized spacial score (nSPS) is 17.1. The molecule has 1 fully saturated rings. The Morgan fingerprint density at radius 1 is 1.45 bits per heavy atom. The van der Waals surface area contributed by atoms with Gasteiger partial charge in [0.05, 0.1) is 17.4 Å². The molecule has 1 aliphatic rings. The van der Waals surface area contributed by atoms with E-state index in [1.165, 1.54) is 0 Å². The predicted octanol–water partition coefficient (Wildman–Crippen LogP) is 1.94. The van der Waals surface area contributed by atoms with Crippen molar-refractivity contribution in [2.45, 2.75) is 0 Å². The van der Waals surface area contributed by atoms with Crippen molar-refractivity contribution in [3.63, 3.8) is 0 Å². The molecule has 1 saturated heterocycles. The van der Waals surface area contributed by atoms with Crippen LogP contribution in [0.3, 0.4) is 0 Å². The second kappa shape index (κ2) is 6.13. The third kappa shape index (κ3) is 3.32. The smallest absolute Gasteiger partial charge is 0.266 e. The fourth-order valence-electron chi connectivity index (χ4n) is 1.53. The molecule has 1 aromatic carbocycles. The third-order valence-corrected chi connectivity index (χ3v) is 4.35. The van der Waals surface area contributed by atoms with Gasteiger partial charge in [-0.05, 0) is 23.8 Å². The SMILES string of the molecule is O=C([O-])CN1C(=O)C(=Cc2ccc(Cl)cc2Cl)SC1=S. The molecular weight excluding hydrogens is 341 g/mol. The Morgan fingerprint density at radius 2 is 2.15 bits per heavy atom. The number of rotatable bonds is 3. The van der Waals surface area contributed by atoms with Crippen LogP contribution in [0, 0.1) is 0 Å². The average molecular weight is 347 g/mol. The maximum Gasteiger partial charge on any atom is 0.266 e. The van der Waals surface area contributed by atoms with Gasteiger partial charge in [0.15, 0.2) is 0 Å². The van der Waals surface area contributed by atoms with Crippen LogP contribution in [0.2, 0.25) is 10.0 Å². The summed E-state index contributed by atoms with van der Waals surface area (Å²) in [4.78, 5) is 23.9. The van der Waals surface area contributed by atoms with Crippen molar-refractivity contribution in [2.24, 2.45) is 0 Å². The second-order valence-corrected chi connectivity index (χ2v) is 6.33. The van der Waals surface area contributed by atoms with Crippen LogP contribution in [0.1, 0.15) is 5.56 Å². The van der Waals surface area contributed by atoms with Gasteiger partial charge in [-0.2, -0.15) is 0 Å². The number of amides is 1. The van der Waals surface area contributed by atoms with Gasteiger partial charge in [-0.1, -0.05) is 53.2 Å². The Labute approximate surface area is 134 Å². The van der Waals surface area contributed by atoms with Gasteiger partial charge in [0.2, 0.25) is 0 Å². The summed E-state index contributed by atoms with van der Waals surface area (Å²) in [6.07, 6.45) is 1.55. The van der Waals surface area contributed by atoms with E-state index in [2.05, 4.69) is 0 Å². The summed E-state index contributed by atoms with van der Waals surface area (Å²) < 4.78 is 0.176. The first kappa shape index (κ1) is 15.3. The van der Waals surface area contributed by atoms with E-state index >= 15 is 0 Å². The van der Waals surface area contributed by atoms with Crippen LogP contribution in [-0.2, 0) is 9.59 Å². The molecule has 0 atom stereocenters. The summed E-state index contributed by atoms with van der Waals surface area (Å²) in [5.41, 5.74) is 0.602. The number of carboxylic acids is 1. The number of carbonyl (C=O) groups is 2. The minimum atomic E-state index is -1.37. The fraction of sp³-hybridized carbons (Fsp3) is 0.0833. The lowest BCUT2D eigenvalue weighted by atomic mass is 10.2. The lowest BCUT2D eigenvalue weighted by molar-refractivity contribution is -0.305. The quantitative estimate of drug-likeness (QED) is 0.618. The molecule has 0 N–H and O–H groups in total. The Balaban J connectivity index is 2.30. The van der Waals surface area contributed by atoms with Crippen LogP contribution in [0.5, 0.6) is 0 Å². The molecule has 0 unspecified atom stereocenters. The standard InChI is InChI=1S/C12H7Cl2NO3S2/c13-7-2-1-6(8(14)4-7)3-9-11(18)15(5-10(16)17)12(19)20-9/h1-4H,5H2,(H,16,17)/p-1. The minimum Gasteiger partial charge on any atom is -0.548 e. The van der Waals surface area contributed by atoms with Crippen molar-refractivity contribution in [1.29, 1.82) is 0 Å². The molecule has 0 bridgehead atoms. The molecule has 1 aliphatic heterocycles. The number of aliphatic carboxylic acids is 1. The van der Waals surface area contributed by atoms with Crippen molar-refractivity contribution in [2.75, 3.05) is 6.54 Å².